The molecule has 1 aliphatic rings. The van der Waals surface area contributed by atoms with Gasteiger partial charge >= 0.3 is 6.03 Å². The van der Waals surface area contributed by atoms with Crippen LogP contribution in [0.5, 0.6) is 5.75 Å². The summed E-state index contributed by atoms with van der Waals surface area (Å²) in [6.07, 6.45) is 1.76. The highest BCUT2D eigenvalue weighted by atomic mass is 16.5. The molecule has 2 aromatic carbocycles. The Kier molecular flexibility index (Phi) is 4.09. The molecule has 0 atom stereocenters. The molecule has 6 heteroatoms. The van der Waals surface area contributed by atoms with E-state index in [4.69, 9.17) is 4.74 Å². The fourth-order valence-electron chi connectivity index (χ4n) is 3.12. The normalized spacial score (nSPS) is 15.5. The molecule has 1 aliphatic heterocycles. The first-order valence-electron chi connectivity index (χ1n) is 8.54. The Morgan fingerprint density at radius 2 is 1.80 bits per heavy atom. The summed E-state index contributed by atoms with van der Waals surface area (Å²) < 4.78 is 7.41. The van der Waals surface area contributed by atoms with Crippen molar-refractivity contribution in [3.63, 3.8) is 0 Å². The Hall–Kier alpha value is -2.89. The summed E-state index contributed by atoms with van der Waals surface area (Å²) >= 11 is 0. The van der Waals surface area contributed by atoms with Gasteiger partial charge in [0.2, 0.25) is 0 Å². The number of fused-ring (bicyclic) bond motifs is 1. The summed E-state index contributed by atoms with van der Waals surface area (Å²) in [4.78, 5) is 14.5. The second-order valence-electron chi connectivity index (χ2n) is 6.39. The number of nitrogens with zero attached hydrogens (tertiary/aromatic N) is 4. The molecule has 4 rings (SSSR count). The van der Waals surface area contributed by atoms with Crippen molar-refractivity contribution in [3.05, 3.63) is 54.1 Å². The minimum absolute atomic E-state index is 0.123. The summed E-state index contributed by atoms with van der Waals surface area (Å²) in [6.45, 7) is 3.37. The Bertz CT molecular complexity index is 880. The van der Waals surface area contributed by atoms with E-state index >= 15 is 0 Å². The molecular weight excluding hydrogens is 316 g/mol. The standard InChI is InChI=1S/C19H20N4O2/c1-14-6-8-15(9-7-14)25-16-10-12-22(13-11-16)19(24)23-18-5-3-2-4-17(18)20-21-23/h2-9,16H,10-13H2,1H3. The van der Waals surface area contributed by atoms with Crippen LogP contribution < -0.4 is 4.74 Å². The van der Waals surface area contributed by atoms with Crippen LogP contribution >= 0.6 is 0 Å². The van der Waals surface area contributed by atoms with Crippen molar-refractivity contribution in [2.24, 2.45) is 0 Å². The number of hydrogen-bond acceptors (Lipinski definition) is 4. The van der Waals surface area contributed by atoms with Crippen LogP contribution in [-0.2, 0) is 0 Å². The molecule has 3 aromatic rings. The second kappa shape index (κ2) is 6.55. The third kappa shape index (κ3) is 3.20. The molecule has 1 aromatic heterocycles. The summed E-state index contributed by atoms with van der Waals surface area (Å²) in [5.74, 6) is 0.887. The molecule has 0 radical (unpaired) electrons. The van der Waals surface area contributed by atoms with Gasteiger partial charge < -0.3 is 9.64 Å². The van der Waals surface area contributed by atoms with Crippen molar-refractivity contribution < 1.29 is 9.53 Å². The lowest BCUT2D eigenvalue weighted by molar-refractivity contribution is 0.111. The maximum atomic E-state index is 12.7. The largest absolute Gasteiger partial charge is 0.490 e. The number of likely N-dealkylation sites (tertiary alicyclic amines) is 1. The molecule has 0 saturated carbocycles. The zero-order valence-corrected chi connectivity index (χ0v) is 14.1. The molecule has 0 bridgehead atoms. The molecule has 1 amide bonds. The summed E-state index contributed by atoms with van der Waals surface area (Å²) in [6, 6.07) is 15.4. The maximum Gasteiger partial charge on any atom is 0.346 e. The van der Waals surface area contributed by atoms with Crippen LogP contribution in [0.3, 0.4) is 0 Å². The predicted octanol–water partition coefficient (Wildman–Crippen LogP) is 3.25. The number of hydrogen-bond donors (Lipinski definition) is 0. The van der Waals surface area contributed by atoms with Gasteiger partial charge in [-0.3, -0.25) is 0 Å². The summed E-state index contributed by atoms with van der Waals surface area (Å²) in [5, 5.41) is 8.06. The lowest BCUT2D eigenvalue weighted by Gasteiger charge is -2.31. The van der Waals surface area contributed by atoms with Crippen LogP contribution in [0.1, 0.15) is 18.4 Å². The zero-order valence-electron chi connectivity index (χ0n) is 14.1. The van der Waals surface area contributed by atoms with E-state index in [0.29, 0.717) is 13.1 Å². The Morgan fingerprint density at radius 1 is 1.08 bits per heavy atom. The molecule has 1 saturated heterocycles. The average Bonchev–Trinajstić information content (AvgIpc) is 3.08. The molecule has 1 fully saturated rings. The van der Waals surface area contributed by atoms with Gasteiger partial charge in [-0.1, -0.05) is 35.0 Å². The highest BCUT2D eigenvalue weighted by Gasteiger charge is 2.26. The zero-order chi connectivity index (χ0) is 17.2. The number of rotatable bonds is 2. The van der Waals surface area contributed by atoms with Crippen LogP contribution in [-0.4, -0.2) is 45.1 Å². The van der Waals surface area contributed by atoms with Crippen LogP contribution in [0.2, 0.25) is 0 Å². The first-order chi connectivity index (χ1) is 12.2. The molecule has 0 unspecified atom stereocenters. The first-order valence-corrected chi connectivity index (χ1v) is 8.54. The Balaban J connectivity index is 1.39. The number of piperidine rings is 1. The SMILES string of the molecule is Cc1ccc(OC2CCN(C(=O)n3nnc4ccccc43)CC2)cc1. The van der Waals surface area contributed by atoms with E-state index in [0.717, 1.165) is 29.6 Å². The molecule has 2 heterocycles. The van der Waals surface area contributed by atoms with E-state index in [-0.39, 0.29) is 12.1 Å². The van der Waals surface area contributed by atoms with Crippen LogP contribution in [0, 0.1) is 6.92 Å². The third-order valence-corrected chi connectivity index (χ3v) is 4.57. The number of aryl methyl sites for hydroxylation is 1. The van der Waals surface area contributed by atoms with Gasteiger partial charge in [0.15, 0.2) is 0 Å². The van der Waals surface area contributed by atoms with Gasteiger partial charge in [-0.05, 0) is 31.2 Å². The van der Waals surface area contributed by atoms with E-state index in [2.05, 4.69) is 17.2 Å². The van der Waals surface area contributed by atoms with E-state index in [9.17, 15) is 4.79 Å². The number of aromatic nitrogens is 3. The Morgan fingerprint density at radius 3 is 2.56 bits per heavy atom. The fourth-order valence-corrected chi connectivity index (χ4v) is 3.12. The molecule has 128 valence electrons. The van der Waals surface area contributed by atoms with Gasteiger partial charge in [0.25, 0.3) is 0 Å². The van der Waals surface area contributed by atoms with Crippen LogP contribution in [0.4, 0.5) is 4.79 Å². The molecule has 6 nitrogen and oxygen atoms in total. The van der Waals surface area contributed by atoms with Crippen LogP contribution in [0.15, 0.2) is 48.5 Å². The van der Waals surface area contributed by atoms with E-state index in [1.165, 1.54) is 10.2 Å². The van der Waals surface area contributed by atoms with Gasteiger partial charge in [-0.25, -0.2) is 4.79 Å². The number of amides is 1. The quantitative estimate of drug-likeness (QED) is 0.721. The Labute approximate surface area is 146 Å². The third-order valence-electron chi connectivity index (χ3n) is 4.57. The van der Waals surface area contributed by atoms with Gasteiger partial charge in [-0.15, -0.1) is 5.10 Å². The highest BCUT2D eigenvalue weighted by molar-refractivity contribution is 5.87. The second-order valence-corrected chi connectivity index (χ2v) is 6.39. The van der Waals surface area contributed by atoms with Crippen molar-refractivity contribution in [1.82, 2.24) is 19.9 Å². The van der Waals surface area contributed by atoms with Crippen molar-refractivity contribution >= 4 is 17.1 Å². The van der Waals surface area contributed by atoms with Gasteiger partial charge in [0.05, 0.1) is 5.52 Å². The number of para-hydroxylation sites is 1. The summed E-state index contributed by atoms with van der Waals surface area (Å²) in [7, 11) is 0. The highest BCUT2D eigenvalue weighted by Crippen LogP contribution is 2.20. The van der Waals surface area contributed by atoms with Crippen molar-refractivity contribution in [2.75, 3.05) is 13.1 Å². The molecular formula is C19H20N4O2. The average molecular weight is 336 g/mol. The van der Waals surface area contributed by atoms with Crippen molar-refractivity contribution in [2.45, 2.75) is 25.9 Å². The summed E-state index contributed by atoms with van der Waals surface area (Å²) in [5.41, 5.74) is 2.69. The first kappa shape index (κ1) is 15.6. The lowest BCUT2D eigenvalue weighted by Crippen LogP contribution is -2.43. The molecule has 0 N–H and O–H groups in total. The monoisotopic (exact) mass is 336 g/mol. The smallest absolute Gasteiger partial charge is 0.346 e. The maximum absolute atomic E-state index is 12.7. The lowest BCUT2D eigenvalue weighted by atomic mass is 10.1. The van der Waals surface area contributed by atoms with Gasteiger partial charge in [0.1, 0.15) is 17.4 Å². The minimum Gasteiger partial charge on any atom is -0.490 e. The van der Waals surface area contributed by atoms with Crippen LogP contribution in [0.25, 0.3) is 11.0 Å². The number of benzene rings is 2. The van der Waals surface area contributed by atoms with Gasteiger partial charge in [-0.2, -0.15) is 4.68 Å². The van der Waals surface area contributed by atoms with E-state index < -0.39 is 0 Å². The topological polar surface area (TPSA) is 60.2 Å². The molecule has 25 heavy (non-hydrogen) atoms. The van der Waals surface area contributed by atoms with E-state index in [1.54, 1.807) is 0 Å². The van der Waals surface area contributed by atoms with Crippen molar-refractivity contribution in [3.8, 4) is 5.75 Å². The molecule has 0 spiro atoms. The fraction of sp³-hybridized carbons (Fsp3) is 0.316. The number of carbonyl (C=O) groups excluding carboxylic acids is 1. The van der Waals surface area contributed by atoms with E-state index in [1.807, 2.05) is 53.4 Å². The number of carbonyl (C=O) groups is 1. The van der Waals surface area contributed by atoms with Crippen molar-refractivity contribution in [1.29, 1.82) is 0 Å². The van der Waals surface area contributed by atoms with Gasteiger partial charge in [0, 0.05) is 25.9 Å². The number of ether oxygens (including phenoxy) is 1. The molecule has 0 aliphatic carbocycles. The minimum atomic E-state index is -0.123. The predicted molar refractivity (Wildman–Crippen MR) is 94.7 cm³/mol.